The van der Waals surface area contributed by atoms with Crippen molar-refractivity contribution in [3.05, 3.63) is 53.9 Å². The molecule has 2 aromatic rings. The first kappa shape index (κ1) is 20.6. The van der Waals surface area contributed by atoms with Crippen LogP contribution in [-0.4, -0.2) is 72.5 Å². The number of rotatable bonds is 7. The van der Waals surface area contributed by atoms with Crippen LogP contribution in [0.2, 0.25) is 0 Å². The first-order valence-electron chi connectivity index (χ1n) is 9.27. The van der Waals surface area contributed by atoms with Crippen LogP contribution in [0.5, 0.6) is 0 Å². The van der Waals surface area contributed by atoms with E-state index in [1.54, 1.807) is 18.5 Å². The monoisotopic (exact) mass is 404 g/mol. The van der Waals surface area contributed by atoms with E-state index >= 15 is 0 Å². The van der Waals surface area contributed by atoms with Crippen LogP contribution in [0.4, 0.5) is 14.7 Å². The molecule has 1 aromatic carbocycles. The molecule has 2 heterocycles. The Kier molecular flexibility index (Phi) is 7.01. The van der Waals surface area contributed by atoms with Crippen molar-refractivity contribution in [1.82, 2.24) is 25.5 Å². The number of carbonyl (C=O) groups excluding carboxylic acids is 2. The Morgan fingerprint density at radius 1 is 1.03 bits per heavy atom. The molecule has 29 heavy (non-hydrogen) atoms. The molecule has 154 valence electrons. The van der Waals surface area contributed by atoms with Gasteiger partial charge in [0.05, 0.1) is 12.1 Å². The van der Waals surface area contributed by atoms with Crippen LogP contribution in [0.1, 0.15) is 10.4 Å². The minimum Gasteiger partial charge on any atom is -0.353 e. The second-order valence-electron chi connectivity index (χ2n) is 6.53. The second kappa shape index (κ2) is 9.87. The van der Waals surface area contributed by atoms with Crippen LogP contribution in [0.25, 0.3) is 0 Å². The molecular weight excluding hydrogens is 382 g/mol. The molecule has 10 heteroatoms. The molecule has 1 aliphatic heterocycles. The smallest absolute Gasteiger partial charge is 0.254 e. The lowest BCUT2D eigenvalue weighted by Crippen LogP contribution is -2.49. The summed E-state index contributed by atoms with van der Waals surface area (Å²) < 4.78 is 26.4. The Balaban J connectivity index is 1.33. The molecule has 0 bridgehead atoms. The van der Waals surface area contributed by atoms with E-state index in [0.29, 0.717) is 25.1 Å². The maximum absolute atomic E-state index is 13.6. The highest BCUT2D eigenvalue weighted by molar-refractivity contribution is 5.96. The van der Waals surface area contributed by atoms with E-state index in [4.69, 9.17) is 0 Å². The highest BCUT2D eigenvalue weighted by Gasteiger charge is 2.18. The molecule has 1 aromatic heterocycles. The summed E-state index contributed by atoms with van der Waals surface area (Å²) in [5.41, 5.74) is -0.306. The molecule has 0 saturated carbocycles. The van der Waals surface area contributed by atoms with E-state index in [1.807, 2.05) is 0 Å². The van der Waals surface area contributed by atoms with Gasteiger partial charge in [-0.1, -0.05) is 0 Å². The number of hydrogen-bond donors (Lipinski definition) is 2. The number of piperazine rings is 1. The summed E-state index contributed by atoms with van der Waals surface area (Å²) in [6.07, 6.45) is 3.43. The standard InChI is InChI=1S/C19H22F2N6O2/c20-14-2-3-15(16(21)12-14)18(29)25-13-17(28)22-6-7-26-8-10-27(11-9-26)19-23-4-1-5-24-19/h1-5,12H,6-11,13H2,(H,22,28)(H,25,29). The number of carbonyl (C=O) groups is 2. The van der Waals surface area contributed by atoms with Crippen molar-refractivity contribution >= 4 is 17.8 Å². The van der Waals surface area contributed by atoms with Gasteiger partial charge in [0.15, 0.2) is 0 Å². The van der Waals surface area contributed by atoms with E-state index < -0.39 is 17.5 Å². The molecule has 0 aliphatic carbocycles. The molecule has 1 aliphatic rings. The maximum atomic E-state index is 13.6. The Labute approximate surface area is 166 Å². The first-order chi connectivity index (χ1) is 14.0. The van der Waals surface area contributed by atoms with Gasteiger partial charge >= 0.3 is 0 Å². The molecule has 1 saturated heterocycles. The molecule has 2 N–H and O–H groups in total. The van der Waals surface area contributed by atoms with E-state index in [1.165, 1.54) is 0 Å². The number of aromatic nitrogens is 2. The Morgan fingerprint density at radius 3 is 2.45 bits per heavy atom. The summed E-state index contributed by atoms with van der Waals surface area (Å²) >= 11 is 0. The molecular formula is C19H22F2N6O2. The third-order valence-electron chi connectivity index (χ3n) is 4.54. The Morgan fingerprint density at radius 2 is 1.76 bits per heavy atom. The minimum absolute atomic E-state index is 0.283. The summed E-state index contributed by atoms with van der Waals surface area (Å²) in [5.74, 6) is -2.17. The number of halogens is 2. The largest absolute Gasteiger partial charge is 0.353 e. The summed E-state index contributed by atoms with van der Waals surface area (Å²) in [4.78, 5) is 36.6. The van der Waals surface area contributed by atoms with Crippen LogP contribution >= 0.6 is 0 Å². The van der Waals surface area contributed by atoms with Gasteiger partial charge in [-0.25, -0.2) is 18.7 Å². The lowest BCUT2D eigenvalue weighted by molar-refractivity contribution is -0.120. The number of nitrogens with zero attached hydrogens (tertiary/aromatic N) is 4. The predicted octanol–water partition coefficient (Wildman–Crippen LogP) is 0.423. The van der Waals surface area contributed by atoms with Crippen LogP contribution in [0.15, 0.2) is 36.7 Å². The lowest BCUT2D eigenvalue weighted by Gasteiger charge is -2.34. The third kappa shape index (κ3) is 5.92. The zero-order chi connectivity index (χ0) is 20.6. The van der Waals surface area contributed by atoms with Crippen molar-refractivity contribution in [1.29, 1.82) is 0 Å². The number of nitrogens with one attached hydrogen (secondary N) is 2. The average Bonchev–Trinajstić information content (AvgIpc) is 2.73. The molecule has 1 fully saturated rings. The van der Waals surface area contributed by atoms with Gasteiger partial charge in [0, 0.05) is 57.7 Å². The number of anilines is 1. The van der Waals surface area contributed by atoms with Gasteiger partial charge in [-0.3, -0.25) is 14.5 Å². The van der Waals surface area contributed by atoms with E-state index in [-0.39, 0.29) is 18.0 Å². The normalized spacial score (nSPS) is 14.5. The second-order valence-corrected chi connectivity index (χ2v) is 6.53. The van der Waals surface area contributed by atoms with Crippen LogP contribution in [0, 0.1) is 11.6 Å². The SMILES string of the molecule is O=C(CNC(=O)c1ccc(F)cc1F)NCCN1CCN(c2ncccn2)CC1. The molecule has 3 rings (SSSR count). The number of benzene rings is 1. The number of hydrogen-bond acceptors (Lipinski definition) is 6. The van der Waals surface area contributed by atoms with Gasteiger partial charge in [-0.2, -0.15) is 0 Å². The van der Waals surface area contributed by atoms with Crippen molar-refractivity contribution in [3.63, 3.8) is 0 Å². The summed E-state index contributed by atoms with van der Waals surface area (Å²) in [5, 5.41) is 5.04. The highest BCUT2D eigenvalue weighted by atomic mass is 19.1. The Bertz CT molecular complexity index is 844. The van der Waals surface area contributed by atoms with Gasteiger partial charge in [0.2, 0.25) is 11.9 Å². The molecule has 0 spiro atoms. The van der Waals surface area contributed by atoms with Crippen molar-refractivity contribution in [2.75, 3.05) is 50.7 Å². The van der Waals surface area contributed by atoms with Crippen LogP contribution in [-0.2, 0) is 4.79 Å². The van der Waals surface area contributed by atoms with Gasteiger partial charge in [-0.15, -0.1) is 0 Å². The zero-order valence-corrected chi connectivity index (χ0v) is 15.8. The van der Waals surface area contributed by atoms with Gasteiger partial charge in [0.1, 0.15) is 11.6 Å². The lowest BCUT2D eigenvalue weighted by atomic mass is 10.2. The van der Waals surface area contributed by atoms with Crippen molar-refractivity contribution in [3.8, 4) is 0 Å². The van der Waals surface area contributed by atoms with E-state index in [9.17, 15) is 18.4 Å². The molecule has 8 nitrogen and oxygen atoms in total. The maximum Gasteiger partial charge on any atom is 0.254 e. The molecule has 0 unspecified atom stereocenters. The van der Waals surface area contributed by atoms with E-state index in [0.717, 1.165) is 38.3 Å². The fourth-order valence-electron chi connectivity index (χ4n) is 2.97. The molecule has 0 radical (unpaired) electrons. The van der Waals surface area contributed by atoms with Gasteiger partial charge in [-0.05, 0) is 18.2 Å². The summed E-state index contributed by atoms with van der Waals surface area (Å²) in [6, 6.07) is 4.43. The highest BCUT2D eigenvalue weighted by Crippen LogP contribution is 2.10. The zero-order valence-electron chi connectivity index (χ0n) is 15.8. The van der Waals surface area contributed by atoms with Gasteiger partial charge < -0.3 is 15.5 Å². The minimum atomic E-state index is -0.969. The Hall–Kier alpha value is -3.14. The van der Waals surface area contributed by atoms with Crippen LogP contribution < -0.4 is 15.5 Å². The summed E-state index contributed by atoms with van der Waals surface area (Å²) in [6.45, 7) is 4.09. The average molecular weight is 404 g/mol. The molecule has 0 atom stereocenters. The quantitative estimate of drug-likeness (QED) is 0.695. The topological polar surface area (TPSA) is 90.5 Å². The molecule has 2 amide bonds. The first-order valence-corrected chi connectivity index (χ1v) is 9.27. The van der Waals surface area contributed by atoms with Crippen molar-refractivity contribution < 1.29 is 18.4 Å². The predicted molar refractivity (Wildman–Crippen MR) is 102 cm³/mol. The number of amides is 2. The van der Waals surface area contributed by atoms with Crippen molar-refractivity contribution in [2.24, 2.45) is 0 Å². The third-order valence-corrected chi connectivity index (χ3v) is 4.54. The van der Waals surface area contributed by atoms with E-state index in [2.05, 4.69) is 30.4 Å². The van der Waals surface area contributed by atoms with Gasteiger partial charge in [0.25, 0.3) is 5.91 Å². The summed E-state index contributed by atoms with van der Waals surface area (Å²) in [7, 11) is 0. The fraction of sp³-hybridized carbons (Fsp3) is 0.368. The fourth-order valence-corrected chi connectivity index (χ4v) is 2.97. The van der Waals surface area contributed by atoms with Crippen molar-refractivity contribution in [2.45, 2.75) is 0 Å². The van der Waals surface area contributed by atoms with Crippen LogP contribution in [0.3, 0.4) is 0 Å².